The van der Waals surface area contributed by atoms with Gasteiger partial charge in [-0.2, -0.15) is 0 Å². The maximum atomic E-state index is 11.1. The van der Waals surface area contributed by atoms with Crippen molar-refractivity contribution in [2.24, 2.45) is 5.92 Å². The van der Waals surface area contributed by atoms with Gasteiger partial charge in [-0.25, -0.2) is 0 Å². The van der Waals surface area contributed by atoms with E-state index in [2.05, 4.69) is 6.92 Å². The molecule has 82 valence electrons. The molecule has 0 aliphatic rings. The number of hydrogen-bond acceptors (Lipinski definition) is 1. The maximum absolute atomic E-state index is 11.1. The van der Waals surface area contributed by atoms with Crippen molar-refractivity contribution in [3.05, 3.63) is 35.4 Å². The molecule has 0 bridgehead atoms. The first-order valence-electron chi connectivity index (χ1n) is 5.24. The predicted molar refractivity (Wildman–Crippen MR) is 64.6 cm³/mol. The molecule has 0 amide bonds. The van der Waals surface area contributed by atoms with E-state index in [1.54, 1.807) is 6.92 Å². The molecule has 2 unspecified atom stereocenters. The molecule has 2 atom stereocenters. The molecule has 0 aliphatic carbocycles. The summed E-state index contributed by atoms with van der Waals surface area (Å²) in [6, 6.07) is 7.77. The lowest BCUT2D eigenvalue weighted by Gasteiger charge is -2.13. The summed E-state index contributed by atoms with van der Waals surface area (Å²) in [5.41, 5.74) is 2.00. The van der Waals surface area contributed by atoms with Gasteiger partial charge in [-0.15, -0.1) is 11.6 Å². The van der Waals surface area contributed by atoms with Gasteiger partial charge in [0.15, 0.2) is 5.78 Å². The Morgan fingerprint density at radius 1 is 1.27 bits per heavy atom. The molecule has 2 heteroatoms. The molecule has 15 heavy (non-hydrogen) atoms. The van der Waals surface area contributed by atoms with E-state index in [0.717, 1.165) is 12.0 Å². The van der Waals surface area contributed by atoms with Crippen molar-refractivity contribution in [1.82, 2.24) is 0 Å². The smallest absolute Gasteiger partial charge is 0.159 e. The molecular weight excluding hydrogens is 208 g/mol. The fourth-order valence-electron chi connectivity index (χ4n) is 1.41. The summed E-state index contributed by atoms with van der Waals surface area (Å²) in [5.74, 6) is 0.565. The largest absolute Gasteiger partial charge is 0.295 e. The van der Waals surface area contributed by atoms with Crippen LogP contribution in [0.25, 0.3) is 0 Å². The average molecular weight is 225 g/mol. The Kier molecular flexibility index (Phi) is 4.34. The van der Waals surface area contributed by atoms with Crippen molar-refractivity contribution < 1.29 is 4.79 Å². The quantitative estimate of drug-likeness (QED) is 0.563. The van der Waals surface area contributed by atoms with Crippen LogP contribution >= 0.6 is 11.6 Å². The second kappa shape index (κ2) is 5.32. The second-order valence-corrected chi connectivity index (χ2v) is 4.80. The van der Waals surface area contributed by atoms with E-state index in [1.807, 2.05) is 31.2 Å². The summed E-state index contributed by atoms with van der Waals surface area (Å²) >= 11 is 6.01. The van der Waals surface area contributed by atoms with Gasteiger partial charge in [0.05, 0.1) is 0 Å². The summed E-state index contributed by atoms with van der Waals surface area (Å²) in [5, 5.41) is 0.178. The Hall–Kier alpha value is -0.820. The third-order valence-corrected chi connectivity index (χ3v) is 3.13. The van der Waals surface area contributed by atoms with E-state index in [-0.39, 0.29) is 11.2 Å². The summed E-state index contributed by atoms with van der Waals surface area (Å²) in [4.78, 5) is 11.1. The number of rotatable bonds is 4. The zero-order valence-electron chi connectivity index (χ0n) is 9.46. The van der Waals surface area contributed by atoms with E-state index in [9.17, 15) is 4.79 Å². The fourth-order valence-corrected chi connectivity index (χ4v) is 1.50. The molecule has 0 fully saturated rings. The molecule has 1 rings (SSSR count). The molecule has 0 saturated heterocycles. The van der Waals surface area contributed by atoms with E-state index in [1.165, 1.54) is 5.56 Å². The lowest BCUT2D eigenvalue weighted by Crippen LogP contribution is -2.10. The summed E-state index contributed by atoms with van der Waals surface area (Å²) < 4.78 is 0. The molecule has 0 aromatic heterocycles. The first-order valence-corrected chi connectivity index (χ1v) is 5.68. The van der Waals surface area contributed by atoms with Crippen LogP contribution in [0.2, 0.25) is 0 Å². The van der Waals surface area contributed by atoms with Crippen molar-refractivity contribution in [3.63, 3.8) is 0 Å². The molecular formula is C13H17ClO. The lowest BCUT2D eigenvalue weighted by atomic mass is 9.97. The molecule has 1 aromatic carbocycles. The zero-order valence-corrected chi connectivity index (χ0v) is 10.2. The highest BCUT2D eigenvalue weighted by atomic mass is 35.5. The number of halogens is 1. The van der Waals surface area contributed by atoms with E-state index >= 15 is 0 Å². The summed E-state index contributed by atoms with van der Waals surface area (Å²) in [6.07, 6.45) is 0.961. The predicted octanol–water partition coefficient (Wildman–Crippen LogP) is 3.70. The fraction of sp³-hybridized carbons (Fsp3) is 0.462. The van der Waals surface area contributed by atoms with Crippen molar-refractivity contribution in [2.45, 2.75) is 32.6 Å². The van der Waals surface area contributed by atoms with Crippen molar-refractivity contribution in [1.29, 1.82) is 0 Å². The Labute approximate surface area is 96.5 Å². The number of carbonyl (C=O) groups is 1. The van der Waals surface area contributed by atoms with Crippen molar-refractivity contribution in [2.75, 3.05) is 0 Å². The highest BCUT2D eigenvalue weighted by Crippen LogP contribution is 2.16. The summed E-state index contributed by atoms with van der Waals surface area (Å²) in [7, 11) is 0. The van der Waals surface area contributed by atoms with Crippen molar-refractivity contribution >= 4 is 17.4 Å². The third-order valence-electron chi connectivity index (χ3n) is 2.70. The first-order chi connectivity index (χ1) is 7.00. The van der Waals surface area contributed by atoms with Gasteiger partial charge >= 0.3 is 0 Å². The normalized spacial score (nSPS) is 14.7. The molecule has 1 aromatic rings. The van der Waals surface area contributed by atoms with Crippen LogP contribution in [0, 0.1) is 5.92 Å². The SMILES string of the molecule is CC(=O)c1ccc(CC(C)C(C)Cl)cc1. The van der Waals surface area contributed by atoms with Crippen LogP contribution in [-0.4, -0.2) is 11.2 Å². The Morgan fingerprint density at radius 2 is 1.80 bits per heavy atom. The zero-order chi connectivity index (χ0) is 11.4. The number of benzene rings is 1. The highest BCUT2D eigenvalue weighted by Gasteiger charge is 2.09. The van der Waals surface area contributed by atoms with Gasteiger partial charge in [-0.05, 0) is 31.7 Å². The van der Waals surface area contributed by atoms with E-state index in [0.29, 0.717) is 5.92 Å². The first kappa shape index (κ1) is 12.3. The van der Waals surface area contributed by atoms with E-state index < -0.39 is 0 Å². The minimum atomic E-state index is 0.111. The number of hydrogen-bond donors (Lipinski definition) is 0. The van der Waals surface area contributed by atoms with Gasteiger partial charge in [-0.1, -0.05) is 31.2 Å². The minimum Gasteiger partial charge on any atom is -0.295 e. The molecule has 0 radical (unpaired) electrons. The average Bonchev–Trinajstić information content (AvgIpc) is 2.18. The Bertz CT molecular complexity index is 327. The third kappa shape index (κ3) is 3.67. The number of carbonyl (C=O) groups excluding carboxylic acids is 1. The van der Waals surface area contributed by atoms with Gasteiger partial charge in [0, 0.05) is 10.9 Å². The minimum absolute atomic E-state index is 0.111. The van der Waals surface area contributed by atoms with Crippen molar-refractivity contribution in [3.8, 4) is 0 Å². The van der Waals surface area contributed by atoms with Crippen LogP contribution in [-0.2, 0) is 6.42 Å². The van der Waals surface area contributed by atoms with E-state index in [4.69, 9.17) is 11.6 Å². The monoisotopic (exact) mass is 224 g/mol. The van der Waals surface area contributed by atoms with Gasteiger partial charge < -0.3 is 0 Å². The van der Waals surface area contributed by atoms with Crippen LogP contribution in [0.1, 0.15) is 36.7 Å². The number of alkyl halides is 1. The topological polar surface area (TPSA) is 17.1 Å². The molecule has 0 heterocycles. The Morgan fingerprint density at radius 3 is 2.20 bits per heavy atom. The van der Waals surface area contributed by atoms with Gasteiger partial charge in [0.2, 0.25) is 0 Å². The van der Waals surface area contributed by atoms with Crippen LogP contribution in [0.15, 0.2) is 24.3 Å². The van der Waals surface area contributed by atoms with Crippen LogP contribution in [0.3, 0.4) is 0 Å². The molecule has 1 nitrogen and oxygen atoms in total. The molecule has 0 N–H and O–H groups in total. The Balaban J connectivity index is 2.68. The second-order valence-electron chi connectivity index (χ2n) is 4.11. The standard InChI is InChI=1S/C13H17ClO/c1-9(10(2)14)8-12-4-6-13(7-5-12)11(3)15/h4-7,9-10H,8H2,1-3H3. The van der Waals surface area contributed by atoms with Crippen LogP contribution in [0.4, 0.5) is 0 Å². The summed E-state index contributed by atoms with van der Waals surface area (Å²) in [6.45, 7) is 5.73. The molecule has 0 aliphatic heterocycles. The number of Topliss-reactive ketones (excluding diaryl/α,β-unsaturated/α-hetero) is 1. The molecule has 0 saturated carbocycles. The van der Waals surface area contributed by atoms with Gasteiger partial charge in [-0.3, -0.25) is 4.79 Å². The lowest BCUT2D eigenvalue weighted by molar-refractivity contribution is 0.101. The van der Waals surface area contributed by atoms with Gasteiger partial charge in [0.25, 0.3) is 0 Å². The highest BCUT2D eigenvalue weighted by molar-refractivity contribution is 6.20. The maximum Gasteiger partial charge on any atom is 0.159 e. The van der Waals surface area contributed by atoms with Crippen LogP contribution < -0.4 is 0 Å². The number of ketones is 1. The molecule has 0 spiro atoms. The van der Waals surface area contributed by atoms with Gasteiger partial charge in [0.1, 0.15) is 0 Å². The van der Waals surface area contributed by atoms with Crippen LogP contribution in [0.5, 0.6) is 0 Å².